The van der Waals surface area contributed by atoms with Crippen molar-refractivity contribution in [2.45, 2.75) is 0 Å². The van der Waals surface area contributed by atoms with Gasteiger partial charge >= 0.3 is 7.60 Å². The van der Waals surface area contributed by atoms with E-state index >= 15 is 0 Å². The van der Waals surface area contributed by atoms with Gasteiger partial charge in [-0.2, -0.15) is 5.10 Å². The van der Waals surface area contributed by atoms with E-state index in [4.69, 9.17) is 0 Å². The third kappa shape index (κ3) is 2.05. The second-order valence-corrected chi connectivity index (χ2v) is 6.72. The number of H-pyrrole nitrogens is 2. The average molecular weight is 313 g/mol. The normalized spacial score (nSPS) is 12.3. The van der Waals surface area contributed by atoms with Crippen molar-refractivity contribution in [2.75, 3.05) is 0 Å². The lowest BCUT2D eigenvalue weighted by Crippen LogP contribution is -2.02. The van der Waals surface area contributed by atoms with Gasteiger partial charge in [-0.1, -0.05) is 18.2 Å². The number of benzene rings is 2. The van der Waals surface area contributed by atoms with Crippen molar-refractivity contribution < 1.29 is 14.4 Å². The summed E-state index contributed by atoms with van der Waals surface area (Å²) in [5.74, 6) is 0. The molecule has 4 N–H and O–H groups in total. The molecule has 2 heterocycles. The predicted molar refractivity (Wildman–Crippen MR) is 85.1 cm³/mol. The lowest BCUT2D eigenvalue weighted by molar-refractivity contribution is 0.387. The van der Waals surface area contributed by atoms with Gasteiger partial charge in [0.25, 0.3) is 0 Å². The number of fused-ring (bicyclic) bond motifs is 2. The Kier molecular flexibility index (Phi) is 2.74. The molecule has 0 aliphatic carbocycles. The maximum atomic E-state index is 11.4. The van der Waals surface area contributed by atoms with E-state index in [0.717, 1.165) is 22.1 Å². The Balaban J connectivity index is 1.96. The number of aromatic amines is 2. The third-order valence-corrected chi connectivity index (χ3v) is 4.62. The van der Waals surface area contributed by atoms with Gasteiger partial charge in [0, 0.05) is 16.3 Å². The quantitative estimate of drug-likeness (QED) is 0.427. The molecule has 0 aliphatic rings. The van der Waals surface area contributed by atoms with Crippen molar-refractivity contribution in [3.05, 3.63) is 48.5 Å². The number of hydrogen-bond acceptors (Lipinski definition) is 2. The summed E-state index contributed by atoms with van der Waals surface area (Å²) in [5, 5.41) is 8.88. The Labute approximate surface area is 125 Å². The van der Waals surface area contributed by atoms with E-state index in [-0.39, 0.29) is 5.30 Å². The van der Waals surface area contributed by atoms with Crippen LogP contribution in [0.3, 0.4) is 0 Å². The molecule has 0 amide bonds. The van der Waals surface area contributed by atoms with Gasteiger partial charge in [-0.25, -0.2) is 0 Å². The van der Waals surface area contributed by atoms with Gasteiger partial charge in [-0.3, -0.25) is 9.66 Å². The number of nitrogens with one attached hydrogen (secondary N) is 2. The minimum absolute atomic E-state index is 0.0150. The summed E-state index contributed by atoms with van der Waals surface area (Å²) < 4.78 is 11.4. The minimum Gasteiger partial charge on any atom is -0.353 e. The van der Waals surface area contributed by atoms with Crippen LogP contribution in [0.4, 0.5) is 0 Å². The molecule has 0 saturated carbocycles. The highest BCUT2D eigenvalue weighted by molar-refractivity contribution is 7.60. The molecule has 0 aliphatic heterocycles. The van der Waals surface area contributed by atoms with Gasteiger partial charge in [0.05, 0.1) is 16.5 Å². The second-order valence-electron chi connectivity index (χ2n) is 5.12. The second kappa shape index (κ2) is 4.55. The van der Waals surface area contributed by atoms with Crippen molar-refractivity contribution in [3.63, 3.8) is 0 Å². The summed E-state index contributed by atoms with van der Waals surface area (Å²) in [6, 6.07) is 14.3. The molecule has 0 atom stereocenters. The zero-order valence-corrected chi connectivity index (χ0v) is 12.2. The Bertz CT molecular complexity index is 1010. The van der Waals surface area contributed by atoms with E-state index in [0.29, 0.717) is 11.1 Å². The monoisotopic (exact) mass is 313 g/mol. The van der Waals surface area contributed by atoms with E-state index in [1.165, 1.54) is 12.1 Å². The molecule has 4 aromatic rings. The SMILES string of the molecule is O=P(O)(O)c1ccc2[nH]nc(-c3cc4ccccc4[nH]3)c2c1. The number of aromatic nitrogens is 3. The molecular formula is C15H12N3O3P. The molecule has 0 fully saturated rings. The molecule has 0 radical (unpaired) electrons. The van der Waals surface area contributed by atoms with Gasteiger partial charge in [0.15, 0.2) is 0 Å². The Morgan fingerprint density at radius 1 is 1.00 bits per heavy atom. The Morgan fingerprint density at radius 3 is 2.59 bits per heavy atom. The van der Waals surface area contributed by atoms with Crippen LogP contribution < -0.4 is 5.30 Å². The number of rotatable bonds is 2. The molecule has 4 rings (SSSR count). The first-order valence-corrected chi connectivity index (χ1v) is 8.26. The molecular weight excluding hydrogens is 301 g/mol. The number of para-hydroxylation sites is 1. The summed E-state index contributed by atoms with van der Waals surface area (Å²) in [5.41, 5.74) is 3.16. The first-order chi connectivity index (χ1) is 10.5. The fourth-order valence-electron chi connectivity index (χ4n) is 2.59. The molecule has 2 aromatic carbocycles. The van der Waals surface area contributed by atoms with Gasteiger partial charge in [-0.05, 0) is 30.3 Å². The van der Waals surface area contributed by atoms with Crippen LogP contribution in [0.25, 0.3) is 33.2 Å². The van der Waals surface area contributed by atoms with E-state index < -0.39 is 7.60 Å². The Hall–Kier alpha value is -2.40. The fraction of sp³-hybridized carbons (Fsp3) is 0. The summed E-state index contributed by atoms with van der Waals surface area (Å²) in [6.45, 7) is 0. The first kappa shape index (κ1) is 13.3. The molecule has 0 unspecified atom stereocenters. The summed E-state index contributed by atoms with van der Waals surface area (Å²) in [7, 11) is -4.29. The standard InChI is InChI=1S/C15H12N3O3P/c19-22(20,21)10-5-6-13-11(8-10)15(18-17-13)14-7-9-3-1-2-4-12(9)16-14/h1-8,16H,(H,17,18)(H2,19,20,21). The van der Waals surface area contributed by atoms with E-state index in [1.807, 2.05) is 30.3 Å². The van der Waals surface area contributed by atoms with Crippen LogP contribution in [-0.4, -0.2) is 25.0 Å². The molecule has 2 aromatic heterocycles. The van der Waals surface area contributed by atoms with Gasteiger partial charge in [0.1, 0.15) is 5.69 Å². The molecule has 22 heavy (non-hydrogen) atoms. The van der Waals surface area contributed by atoms with Crippen molar-refractivity contribution in [3.8, 4) is 11.4 Å². The summed E-state index contributed by atoms with van der Waals surface area (Å²) >= 11 is 0. The van der Waals surface area contributed by atoms with Gasteiger partial charge in [-0.15, -0.1) is 0 Å². The van der Waals surface area contributed by atoms with Crippen LogP contribution in [0, 0.1) is 0 Å². The van der Waals surface area contributed by atoms with Crippen molar-refractivity contribution >= 4 is 34.7 Å². The largest absolute Gasteiger partial charge is 0.356 e. The smallest absolute Gasteiger partial charge is 0.353 e. The predicted octanol–water partition coefficient (Wildman–Crippen LogP) is 2.51. The number of nitrogens with zero attached hydrogens (tertiary/aromatic N) is 1. The van der Waals surface area contributed by atoms with Gasteiger partial charge < -0.3 is 14.8 Å². The lowest BCUT2D eigenvalue weighted by atomic mass is 10.1. The molecule has 0 bridgehead atoms. The van der Waals surface area contributed by atoms with Crippen molar-refractivity contribution in [1.82, 2.24) is 15.2 Å². The van der Waals surface area contributed by atoms with Crippen LogP contribution in [0.2, 0.25) is 0 Å². The van der Waals surface area contributed by atoms with Gasteiger partial charge in [0.2, 0.25) is 0 Å². The van der Waals surface area contributed by atoms with Crippen LogP contribution in [0.15, 0.2) is 48.5 Å². The molecule has 0 saturated heterocycles. The maximum Gasteiger partial charge on any atom is 0.356 e. The van der Waals surface area contributed by atoms with Crippen LogP contribution in [-0.2, 0) is 4.57 Å². The topological polar surface area (TPSA) is 102 Å². The molecule has 6 nitrogen and oxygen atoms in total. The highest BCUT2D eigenvalue weighted by atomic mass is 31.2. The van der Waals surface area contributed by atoms with Crippen LogP contribution in [0.5, 0.6) is 0 Å². The highest BCUT2D eigenvalue weighted by Gasteiger charge is 2.19. The zero-order valence-electron chi connectivity index (χ0n) is 11.3. The minimum atomic E-state index is -4.29. The summed E-state index contributed by atoms with van der Waals surface area (Å²) in [4.78, 5) is 21.9. The molecule has 110 valence electrons. The Morgan fingerprint density at radius 2 is 1.82 bits per heavy atom. The number of hydrogen-bond donors (Lipinski definition) is 4. The van der Waals surface area contributed by atoms with E-state index in [9.17, 15) is 14.4 Å². The van der Waals surface area contributed by atoms with Crippen LogP contribution in [0.1, 0.15) is 0 Å². The van der Waals surface area contributed by atoms with E-state index in [2.05, 4.69) is 15.2 Å². The third-order valence-electron chi connectivity index (χ3n) is 3.67. The van der Waals surface area contributed by atoms with Crippen molar-refractivity contribution in [2.24, 2.45) is 0 Å². The average Bonchev–Trinajstić information content (AvgIpc) is 3.08. The first-order valence-electron chi connectivity index (χ1n) is 6.65. The highest BCUT2D eigenvalue weighted by Crippen LogP contribution is 2.35. The van der Waals surface area contributed by atoms with E-state index in [1.54, 1.807) is 6.07 Å². The van der Waals surface area contributed by atoms with Crippen LogP contribution >= 0.6 is 7.60 Å². The maximum absolute atomic E-state index is 11.4. The zero-order chi connectivity index (χ0) is 15.3. The lowest BCUT2D eigenvalue weighted by Gasteiger charge is -2.03. The summed E-state index contributed by atoms with van der Waals surface area (Å²) in [6.07, 6.45) is 0. The fourth-order valence-corrected chi connectivity index (χ4v) is 3.16. The van der Waals surface area contributed by atoms with Crippen molar-refractivity contribution in [1.29, 1.82) is 0 Å². The molecule has 0 spiro atoms. The molecule has 7 heteroatoms.